The van der Waals surface area contributed by atoms with Crippen molar-refractivity contribution in [3.8, 4) is 0 Å². The predicted octanol–water partition coefficient (Wildman–Crippen LogP) is 3.58. The van der Waals surface area contributed by atoms with Crippen LogP contribution in [0.1, 0.15) is 32.3 Å². The van der Waals surface area contributed by atoms with Gasteiger partial charge in [-0.1, -0.05) is 12.1 Å². The van der Waals surface area contributed by atoms with Crippen LogP contribution < -0.4 is 14.9 Å². The van der Waals surface area contributed by atoms with E-state index in [1.54, 1.807) is 26.0 Å². The van der Waals surface area contributed by atoms with Gasteiger partial charge in [0.1, 0.15) is 0 Å². The Balaban J connectivity index is 1.56. The van der Waals surface area contributed by atoms with Crippen LogP contribution in [0, 0.1) is 0 Å². The Hall–Kier alpha value is -2.54. The molecule has 1 aliphatic rings. The zero-order chi connectivity index (χ0) is 19.4. The maximum Gasteiger partial charge on any atom is 0.235 e. The maximum absolute atomic E-state index is 11.9. The van der Waals surface area contributed by atoms with E-state index in [0.717, 1.165) is 29.9 Å². The first-order chi connectivity index (χ1) is 12.8. The van der Waals surface area contributed by atoms with Crippen LogP contribution in [-0.4, -0.2) is 26.1 Å². The summed E-state index contributed by atoms with van der Waals surface area (Å²) in [6, 6.07) is 15.1. The molecule has 0 saturated carbocycles. The largest absolute Gasteiger partial charge is 0.381 e. The molecule has 1 aliphatic heterocycles. The number of carbonyl (C=O) groups excluding carboxylic acids is 1. The topological polar surface area (TPSA) is 78.5 Å². The summed E-state index contributed by atoms with van der Waals surface area (Å²) in [7, 11) is -3.33. The Morgan fingerprint density at radius 3 is 2.19 bits per heavy atom. The average molecular weight is 388 g/mol. The van der Waals surface area contributed by atoms with Crippen LogP contribution in [0.5, 0.6) is 0 Å². The first kappa shape index (κ1) is 19.2. The zero-order valence-corrected chi connectivity index (χ0v) is 16.4. The fraction of sp³-hybridized carbons (Fsp3) is 0.350. The second kappa shape index (κ2) is 8.00. The van der Waals surface area contributed by atoms with Crippen LogP contribution in [0.25, 0.3) is 0 Å². The normalized spacial score (nSPS) is 14.6. The lowest BCUT2D eigenvalue weighted by molar-refractivity contribution is -0.117. The number of nitrogens with one attached hydrogen (secondary N) is 2. The summed E-state index contributed by atoms with van der Waals surface area (Å²) < 4.78 is 26.4. The number of nitrogens with zero attached hydrogens (tertiary/aromatic N) is 1. The molecule has 0 aromatic heterocycles. The van der Waals surface area contributed by atoms with Crippen LogP contribution >= 0.6 is 0 Å². The third-order valence-corrected chi connectivity index (χ3v) is 6.35. The molecule has 1 amide bonds. The molecular formula is C20H25N3O3S. The molecule has 1 saturated heterocycles. The Morgan fingerprint density at radius 1 is 1.00 bits per heavy atom. The minimum atomic E-state index is -3.33. The number of rotatable bonds is 7. The highest BCUT2D eigenvalue weighted by Crippen LogP contribution is 2.23. The van der Waals surface area contributed by atoms with E-state index >= 15 is 0 Å². The lowest BCUT2D eigenvalue weighted by Crippen LogP contribution is -2.23. The van der Waals surface area contributed by atoms with Gasteiger partial charge in [0.2, 0.25) is 15.9 Å². The summed E-state index contributed by atoms with van der Waals surface area (Å²) in [5, 5.41) is 2.86. The number of carbonyl (C=O) groups is 1. The number of hydrogen-bond donors (Lipinski definition) is 2. The molecule has 3 rings (SSSR count). The monoisotopic (exact) mass is 387 g/mol. The van der Waals surface area contributed by atoms with Gasteiger partial charge in [-0.2, -0.15) is 0 Å². The van der Waals surface area contributed by atoms with Crippen molar-refractivity contribution in [1.29, 1.82) is 0 Å². The summed E-state index contributed by atoms with van der Waals surface area (Å²) in [6.07, 6.45) is 1.55. The van der Waals surface area contributed by atoms with Gasteiger partial charge >= 0.3 is 0 Å². The molecule has 0 unspecified atom stereocenters. The van der Waals surface area contributed by atoms with Crippen molar-refractivity contribution in [3.63, 3.8) is 0 Å². The van der Waals surface area contributed by atoms with E-state index in [4.69, 9.17) is 0 Å². The molecule has 0 aliphatic carbocycles. The van der Waals surface area contributed by atoms with Crippen molar-refractivity contribution in [2.24, 2.45) is 0 Å². The van der Waals surface area contributed by atoms with E-state index in [1.807, 2.05) is 41.3 Å². The van der Waals surface area contributed by atoms with E-state index in [0.29, 0.717) is 18.7 Å². The molecule has 27 heavy (non-hydrogen) atoms. The standard InChI is InChI=1S/C20H25N3O3S/c1-15(2)27(25,26)22-18-7-5-16(6-8-18)14-21-17-9-11-19(12-10-17)23-13-3-4-20(23)24/h5-12,15,21-22H,3-4,13-14H2,1-2H3. The summed E-state index contributed by atoms with van der Waals surface area (Å²) in [5.41, 5.74) is 3.51. The third-order valence-electron chi connectivity index (χ3n) is 4.58. The highest BCUT2D eigenvalue weighted by atomic mass is 32.2. The van der Waals surface area contributed by atoms with E-state index in [1.165, 1.54) is 0 Å². The molecule has 7 heteroatoms. The highest BCUT2D eigenvalue weighted by molar-refractivity contribution is 7.93. The molecule has 1 heterocycles. The minimum Gasteiger partial charge on any atom is -0.381 e. The Morgan fingerprint density at radius 2 is 1.63 bits per heavy atom. The molecule has 0 bridgehead atoms. The van der Waals surface area contributed by atoms with E-state index < -0.39 is 15.3 Å². The fourth-order valence-electron chi connectivity index (χ4n) is 2.86. The van der Waals surface area contributed by atoms with Crippen LogP contribution in [0.2, 0.25) is 0 Å². The van der Waals surface area contributed by atoms with Gasteiger partial charge in [-0.25, -0.2) is 8.42 Å². The zero-order valence-electron chi connectivity index (χ0n) is 15.6. The maximum atomic E-state index is 11.9. The molecule has 0 spiro atoms. The molecule has 6 nitrogen and oxygen atoms in total. The second-order valence-corrected chi connectivity index (χ2v) is 9.18. The smallest absolute Gasteiger partial charge is 0.235 e. The van der Waals surface area contributed by atoms with Gasteiger partial charge in [-0.05, 0) is 62.2 Å². The quantitative estimate of drug-likeness (QED) is 0.761. The van der Waals surface area contributed by atoms with Gasteiger partial charge in [0.05, 0.1) is 5.25 Å². The molecular weight excluding hydrogens is 362 g/mol. The Bertz CT molecular complexity index is 891. The first-order valence-corrected chi connectivity index (χ1v) is 10.6. The minimum absolute atomic E-state index is 0.184. The van der Waals surface area contributed by atoms with Crippen molar-refractivity contribution in [2.45, 2.75) is 38.5 Å². The van der Waals surface area contributed by atoms with E-state index in [-0.39, 0.29) is 5.91 Å². The number of sulfonamides is 1. The number of benzene rings is 2. The third kappa shape index (κ3) is 4.80. The van der Waals surface area contributed by atoms with Gasteiger partial charge in [0, 0.05) is 36.6 Å². The molecule has 2 N–H and O–H groups in total. The Kier molecular flexibility index (Phi) is 5.70. The fourth-order valence-corrected chi connectivity index (χ4v) is 3.56. The van der Waals surface area contributed by atoms with Crippen molar-refractivity contribution in [3.05, 3.63) is 54.1 Å². The molecule has 2 aromatic rings. The van der Waals surface area contributed by atoms with Crippen LogP contribution in [0.3, 0.4) is 0 Å². The number of hydrogen-bond acceptors (Lipinski definition) is 4. The molecule has 0 atom stereocenters. The molecule has 144 valence electrons. The van der Waals surface area contributed by atoms with Crippen LogP contribution in [-0.2, 0) is 21.4 Å². The summed E-state index contributed by atoms with van der Waals surface area (Å²) in [4.78, 5) is 13.6. The molecule has 0 radical (unpaired) electrons. The number of amides is 1. The van der Waals surface area contributed by atoms with Crippen molar-refractivity contribution >= 4 is 33.0 Å². The van der Waals surface area contributed by atoms with E-state index in [9.17, 15) is 13.2 Å². The summed E-state index contributed by atoms with van der Waals surface area (Å²) >= 11 is 0. The van der Waals surface area contributed by atoms with Crippen LogP contribution in [0.15, 0.2) is 48.5 Å². The van der Waals surface area contributed by atoms with E-state index in [2.05, 4.69) is 10.0 Å². The Labute approximate surface area is 160 Å². The summed E-state index contributed by atoms with van der Waals surface area (Å²) in [5.74, 6) is 0.184. The summed E-state index contributed by atoms with van der Waals surface area (Å²) in [6.45, 7) is 4.70. The lowest BCUT2D eigenvalue weighted by atomic mass is 10.2. The van der Waals surface area contributed by atoms with Gasteiger partial charge in [-0.3, -0.25) is 9.52 Å². The van der Waals surface area contributed by atoms with Gasteiger partial charge in [0.25, 0.3) is 0 Å². The lowest BCUT2D eigenvalue weighted by Gasteiger charge is -2.16. The first-order valence-electron chi connectivity index (χ1n) is 9.10. The molecule has 2 aromatic carbocycles. The van der Waals surface area contributed by atoms with Gasteiger partial charge in [0.15, 0.2) is 0 Å². The van der Waals surface area contributed by atoms with Crippen molar-refractivity contribution in [1.82, 2.24) is 0 Å². The predicted molar refractivity (Wildman–Crippen MR) is 109 cm³/mol. The average Bonchev–Trinajstić information content (AvgIpc) is 3.07. The van der Waals surface area contributed by atoms with Crippen molar-refractivity contribution < 1.29 is 13.2 Å². The number of anilines is 3. The molecule has 1 fully saturated rings. The van der Waals surface area contributed by atoms with Gasteiger partial charge in [-0.15, -0.1) is 0 Å². The van der Waals surface area contributed by atoms with Crippen LogP contribution in [0.4, 0.5) is 17.1 Å². The highest BCUT2D eigenvalue weighted by Gasteiger charge is 2.21. The SMILES string of the molecule is CC(C)S(=O)(=O)Nc1ccc(CNc2ccc(N3CCCC3=O)cc2)cc1. The van der Waals surface area contributed by atoms with Crippen molar-refractivity contribution in [2.75, 3.05) is 21.5 Å². The van der Waals surface area contributed by atoms with Gasteiger partial charge < -0.3 is 10.2 Å². The second-order valence-electron chi connectivity index (χ2n) is 6.94.